The average Bonchev–Trinajstić information content (AvgIpc) is 3.25. The van der Waals surface area contributed by atoms with Gasteiger partial charge in [0.15, 0.2) is 11.0 Å². The SMILES string of the molecule is CCn1c(CNc2ccc(F)cc2)nnc1SCC(=O)N(c1ccccc1)c1ccccc1. The Kier molecular flexibility index (Phi) is 7.36. The van der Waals surface area contributed by atoms with Crippen molar-refractivity contribution in [1.82, 2.24) is 14.8 Å². The number of nitrogens with zero attached hydrogens (tertiary/aromatic N) is 4. The number of nitrogens with one attached hydrogen (secondary N) is 1. The number of anilines is 3. The van der Waals surface area contributed by atoms with Crippen molar-refractivity contribution < 1.29 is 9.18 Å². The van der Waals surface area contributed by atoms with Gasteiger partial charge in [0.2, 0.25) is 5.91 Å². The molecule has 168 valence electrons. The second-order valence-corrected chi connectivity index (χ2v) is 8.13. The molecule has 0 spiro atoms. The number of amides is 1. The number of benzene rings is 3. The average molecular weight is 462 g/mol. The lowest BCUT2D eigenvalue weighted by Crippen LogP contribution is -2.27. The van der Waals surface area contributed by atoms with Crippen LogP contribution < -0.4 is 10.2 Å². The normalized spacial score (nSPS) is 10.7. The van der Waals surface area contributed by atoms with Crippen LogP contribution in [0.4, 0.5) is 21.5 Å². The highest BCUT2D eigenvalue weighted by Crippen LogP contribution is 2.27. The number of hydrogen-bond donors (Lipinski definition) is 1. The van der Waals surface area contributed by atoms with Crippen molar-refractivity contribution in [2.75, 3.05) is 16.0 Å². The fourth-order valence-corrected chi connectivity index (χ4v) is 4.28. The van der Waals surface area contributed by atoms with Crippen molar-refractivity contribution in [2.24, 2.45) is 0 Å². The van der Waals surface area contributed by atoms with E-state index in [0.29, 0.717) is 18.2 Å². The molecule has 0 radical (unpaired) electrons. The molecular weight excluding hydrogens is 437 g/mol. The van der Waals surface area contributed by atoms with Gasteiger partial charge in [0.25, 0.3) is 0 Å². The van der Waals surface area contributed by atoms with Gasteiger partial charge in [0, 0.05) is 23.6 Å². The van der Waals surface area contributed by atoms with Gasteiger partial charge >= 0.3 is 0 Å². The zero-order chi connectivity index (χ0) is 23.0. The van der Waals surface area contributed by atoms with Crippen molar-refractivity contribution in [3.8, 4) is 0 Å². The molecule has 0 fully saturated rings. The molecular formula is C25H24FN5OS. The van der Waals surface area contributed by atoms with E-state index in [1.807, 2.05) is 72.2 Å². The van der Waals surface area contributed by atoms with E-state index in [9.17, 15) is 9.18 Å². The third-order valence-corrected chi connectivity index (χ3v) is 5.96. The Balaban J connectivity index is 1.46. The van der Waals surface area contributed by atoms with Crippen LogP contribution in [0.2, 0.25) is 0 Å². The summed E-state index contributed by atoms with van der Waals surface area (Å²) in [6.45, 7) is 3.13. The van der Waals surface area contributed by atoms with Crippen LogP contribution in [0.1, 0.15) is 12.7 Å². The predicted molar refractivity (Wildman–Crippen MR) is 130 cm³/mol. The first kappa shape index (κ1) is 22.5. The van der Waals surface area contributed by atoms with Gasteiger partial charge in [0.1, 0.15) is 5.82 Å². The van der Waals surface area contributed by atoms with E-state index in [4.69, 9.17) is 0 Å². The molecule has 4 rings (SSSR count). The summed E-state index contributed by atoms with van der Waals surface area (Å²) in [6, 6.07) is 25.4. The number of halogens is 1. The molecule has 1 heterocycles. The third-order valence-electron chi connectivity index (χ3n) is 5.01. The Bertz CT molecular complexity index is 1140. The number of para-hydroxylation sites is 2. The minimum Gasteiger partial charge on any atom is -0.378 e. The minimum absolute atomic E-state index is 0.0472. The summed E-state index contributed by atoms with van der Waals surface area (Å²) >= 11 is 1.36. The van der Waals surface area contributed by atoms with Crippen molar-refractivity contribution in [3.05, 3.63) is 96.6 Å². The maximum Gasteiger partial charge on any atom is 0.242 e. The fraction of sp³-hybridized carbons (Fsp3) is 0.160. The molecule has 1 amide bonds. The first-order valence-electron chi connectivity index (χ1n) is 10.6. The highest BCUT2D eigenvalue weighted by atomic mass is 32.2. The lowest BCUT2D eigenvalue weighted by molar-refractivity contribution is -0.115. The van der Waals surface area contributed by atoms with E-state index in [0.717, 1.165) is 22.9 Å². The summed E-state index contributed by atoms with van der Waals surface area (Å²) in [6.07, 6.45) is 0. The van der Waals surface area contributed by atoms with E-state index in [-0.39, 0.29) is 17.5 Å². The Morgan fingerprint density at radius 3 is 2.12 bits per heavy atom. The zero-order valence-corrected chi connectivity index (χ0v) is 19.0. The zero-order valence-electron chi connectivity index (χ0n) is 18.2. The number of aromatic nitrogens is 3. The van der Waals surface area contributed by atoms with Crippen LogP contribution in [0.5, 0.6) is 0 Å². The van der Waals surface area contributed by atoms with Gasteiger partial charge in [-0.15, -0.1) is 10.2 Å². The van der Waals surface area contributed by atoms with E-state index in [1.165, 1.54) is 23.9 Å². The Morgan fingerprint density at radius 2 is 1.55 bits per heavy atom. The summed E-state index contributed by atoms with van der Waals surface area (Å²) < 4.78 is 15.1. The lowest BCUT2D eigenvalue weighted by Gasteiger charge is -2.23. The third kappa shape index (κ3) is 5.59. The molecule has 8 heteroatoms. The van der Waals surface area contributed by atoms with Crippen LogP contribution >= 0.6 is 11.8 Å². The Morgan fingerprint density at radius 1 is 0.939 bits per heavy atom. The molecule has 0 saturated heterocycles. The molecule has 0 aliphatic carbocycles. The van der Waals surface area contributed by atoms with Crippen molar-refractivity contribution in [3.63, 3.8) is 0 Å². The van der Waals surface area contributed by atoms with E-state index in [2.05, 4.69) is 15.5 Å². The fourth-order valence-electron chi connectivity index (χ4n) is 3.41. The van der Waals surface area contributed by atoms with E-state index in [1.54, 1.807) is 17.0 Å². The molecule has 0 aliphatic rings. The topological polar surface area (TPSA) is 63.1 Å². The van der Waals surface area contributed by atoms with Crippen molar-refractivity contribution in [2.45, 2.75) is 25.2 Å². The highest BCUT2D eigenvalue weighted by Gasteiger charge is 2.20. The van der Waals surface area contributed by atoms with Crippen LogP contribution in [-0.2, 0) is 17.9 Å². The lowest BCUT2D eigenvalue weighted by atomic mass is 10.2. The van der Waals surface area contributed by atoms with Crippen LogP contribution in [0, 0.1) is 5.82 Å². The second kappa shape index (κ2) is 10.8. The van der Waals surface area contributed by atoms with E-state index < -0.39 is 0 Å². The highest BCUT2D eigenvalue weighted by molar-refractivity contribution is 7.99. The van der Waals surface area contributed by atoms with Gasteiger partial charge in [-0.1, -0.05) is 48.2 Å². The Hall–Kier alpha value is -3.65. The summed E-state index contributed by atoms with van der Waals surface area (Å²) in [7, 11) is 0. The van der Waals surface area contributed by atoms with Crippen molar-refractivity contribution in [1.29, 1.82) is 0 Å². The quantitative estimate of drug-likeness (QED) is 0.333. The van der Waals surface area contributed by atoms with Gasteiger partial charge in [-0.05, 0) is 55.5 Å². The number of hydrogen-bond acceptors (Lipinski definition) is 5. The molecule has 1 aromatic heterocycles. The standard InChI is InChI=1S/C25H24FN5OS/c1-2-30-23(17-27-20-15-13-19(26)14-16-20)28-29-25(30)33-18-24(32)31(21-9-5-3-6-10-21)22-11-7-4-8-12-22/h3-16,27H,2,17-18H2,1H3. The van der Waals surface area contributed by atoms with Gasteiger partial charge in [-0.25, -0.2) is 4.39 Å². The molecule has 0 saturated carbocycles. The number of carbonyl (C=O) groups is 1. The smallest absolute Gasteiger partial charge is 0.242 e. The predicted octanol–water partition coefficient (Wildman–Crippen LogP) is 5.51. The number of rotatable bonds is 9. The maximum absolute atomic E-state index is 13.3. The molecule has 1 N–H and O–H groups in total. The molecule has 0 aliphatic heterocycles. The minimum atomic E-state index is -0.277. The van der Waals surface area contributed by atoms with Crippen LogP contribution in [0.3, 0.4) is 0 Å². The molecule has 0 atom stereocenters. The summed E-state index contributed by atoms with van der Waals surface area (Å²) in [5, 5.41) is 12.5. The van der Waals surface area contributed by atoms with Crippen LogP contribution in [0.15, 0.2) is 90.1 Å². The largest absolute Gasteiger partial charge is 0.378 e. The van der Waals surface area contributed by atoms with Crippen molar-refractivity contribution >= 4 is 34.7 Å². The second-order valence-electron chi connectivity index (χ2n) is 7.19. The number of thioether (sulfide) groups is 1. The van der Waals surface area contributed by atoms with Gasteiger partial charge in [-0.3, -0.25) is 9.69 Å². The molecule has 0 unspecified atom stereocenters. The maximum atomic E-state index is 13.3. The molecule has 0 bridgehead atoms. The van der Waals surface area contributed by atoms with Gasteiger partial charge in [0.05, 0.1) is 12.3 Å². The summed E-state index contributed by atoms with van der Waals surface area (Å²) in [5.74, 6) is 0.641. The van der Waals surface area contributed by atoms with E-state index >= 15 is 0 Å². The summed E-state index contributed by atoms with van der Waals surface area (Å²) in [4.78, 5) is 15.0. The monoisotopic (exact) mass is 461 g/mol. The molecule has 4 aromatic rings. The Labute approximate surface area is 196 Å². The summed E-state index contributed by atoms with van der Waals surface area (Å²) in [5.41, 5.74) is 2.43. The van der Waals surface area contributed by atoms with Gasteiger partial charge in [-0.2, -0.15) is 0 Å². The first-order valence-corrected chi connectivity index (χ1v) is 11.6. The molecule has 3 aromatic carbocycles. The molecule has 33 heavy (non-hydrogen) atoms. The molecule has 6 nitrogen and oxygen atoms in total. The van der Waals surface area contributed by atoms with Crippen LogP contribution in [-0.4, -0.2) is 26.4 Å². The number of carbonyl (C=O) groups excluding carboxylic acids is 1. The first-order chi connectivity index (χ1) is 16.2. The van der Waals surface area contributed by atoms with Crippen LogP contribution in [0.25, 0.3) is 0 Å². The van der Waals surface area contributed by atoms with Gasteiger partial charge < -0.3 is 9.88 Å².